The third kappa shape index (κ3) is 11.3. The number of carbonyl (C=O) groups excluding carboxylic acids is 1. The van der Waals surface area contributed by atoms with E-state index in [2.05, 4.69) is 0 Å². The van der Waals surface area contributed by atoms with Gasteiger partial charge in [0.05, 0.1) is 0 Å². The van der Waals surface area contributed by atoms with Gasteiger partial charge in [-0.05, 0) is 0 Å². The van der Waals surface area contributed by atoms with Crippen LogP contribution in [0.2, 0.25) is 0 Å². The van der Waals surface area contributed by atoms with Gasteiger partial charge in [0.15, 0.2) is 0 Å². The summed E-state index contributed by atoms with van der Waals surface area (Å²) in [6.07, 6.45) is 1.06. The Bertz CT molecular complexity index is 259. The van der Waals surface area contributed by atoms with Crippen molar-refractivity contribution in [2.75, 3.05) is 66.3 Å². The molecule has 0 atom stereocenters. The topological polar surface area (TPSA) is 54.0 Å². The molecule has 5 nitrogen and oxygen atoms in total. The van der Waals surface area contributed by atoms with Crippen LogP contribution in [-0.4, -0.2) is 72.3 Å². The normalized spacial score (nSPS) is 13.8. The Morgan fingerprint density at radius 1 is 1.00 bits per heavy atom. The van der Waals surface area contributed by atoms with Gasteiger partial charge in [0.2, 0.25) is 0 Å². The number of rotatable bonds is 11. The number of methoxy groups -OCH3 is 1. The Morgan fingerprint density at radius 2 is 1.63 bits per heavy atom. The molecule has 0 heterocycles. The zero-order valence-electron chi connectivity index (χ0n) is 12.9. The molecular formula is C13H29O5P. The maximum absolute atomic E-state index is 11.8. The predicted octanol–water partition coefficient (Wildman–Crippen LogP) is 1.98. The zero-order valence-corrected chi connectivity index (χ0v) is 13.8. The van der Waals surface area contributed by atoms with E-state index in [1.807, 2.05) is 26.9 Å². The summed E-state index contributed by atoms with van der Waals surface area (Å²) in [6.45, 7) is 8.37. The summed E-state index contributed by atoms with van der Waals surface area (Å²) >= 11 is 0. The van der Waals surface area contributed by atoms with E-state index in [0.29, 0.717) is 33.0 Å². The predicted molar refractivity (Wildman–Crippen MR) is 79.5 cm³/mol. The summed E-state index contributed by atoms with van der Waals surface area (Å²) in [6, 6.07) is 0. The molecule has 0 fully saturated rings. The molecule has 116 valence electrons. The van der Waals surface area contributed by atoms with Gasteiger partial charge in [0.25, 0.3) is 0 Å². The van der Waals surface area contributed by atoms with Crippen molar-refractivity contribution in [1.29, 1.82) is 0 Å². The van der Waals surface area contributed by atoms with Crippen LogP contribution in [0, 0.1) is 0 Å². The Labute approximate surface area is 116 Å². The first-order valence-electron chi connectivity index (χ1n) is 6.66. The van der Waals surface area contributed by atoms with Crippen LogP contribution in [0.15, 0.2) is 0 Å². The van der Waals surface area contributed by atoms with E-state index in [1.165, 1.54) is 0 Å². The van der Waals surface area contributed by atoms with Gasteiger partial charge in [-0.15, -0.1) is 0 Å². The molecule has 0 spiro atoms. The second-order valence-electron chi connectivity index (χ2n) is 5.71. The molecule has 19 heavy (non-hydrogen) atoms. The molecule has 6 heteroatoms. The summed E-state index contributed by atoms with van der Waals surface area (Å²) in [7, 11) is 1.65. The van der Waals surface area contributed by atoms with Crippen LogP contribution in [-0.2, 0) is 23.5 Å². The zero-order chi connectivity index (χ0) is 14.8. The first kappa shape index (κ1) is 18.8. The molecule has 0 aromatic carbocycles. The second-order valence-corrected chi connectivity index (χ2v) is 12.3. The second kappa shape index (κ2) is 8.85. The van der Waals surface area contributed by atoms with Crippen molar-refractivity contribution >= 4 is 12.8 Å². The minimum atomic E-state index is -2.39. The molecule has 0 aromatic rings. The van der Waals surface area contributed by atoms with Crippen molar-refractivity contribution < 1.29 is 23.5 Å². The maximum atomic E-state index is 11.8. The quantitative estimate of drug-likeness (QED) is 0.431. The molecule has 0 aromatic heterocycles. The van der Waals surface area contributed by atoms with Gasteiger partial charge in [-0.3, -0.25) is 0 Å². The van der Waals surface area contributed by atoms with E-state index >= 15 is 0 Å². The third-order valence-corrected chi connectivity index (χ3v) is 5.11. The van der Waals surface area contributed by atoms with Crippen molar-refractivity contribution in [2.24, 2.45) is 0 Å². The Kier molecular flexibility index (Phi) is 8.75. The number of hydrogen-bond donors (Lipinski definition) is 0. The number of ether oxygens (including phenoxy) is 3. The molecular weight excluding hydrogens is 267 g/mol. The summed E-state index contributed by atoms with van der Waals surface area (Å²) in [4.78, 5) is 11.8. The fourth-order valence-corrected chi connectivity index (χ4v) is 3.13. The van der Waals surface area contributed by atoms with Crippen LogP contribution in [0.25, 0.3) is 0 Å². The fraction of sp³-hybridized carbons (Fsp3) is 0.923. The number of hydrogen-bond acceptors (Lipinski definition) is 5. The Morgan fingerprint density at radius 3 is 2.21 bits per heavy atom. The minimum absolute atomic E-state index is 0.197. The first-order chi connectivity index (χ1) is 8.78. The molecule has 0 N–H and O–H groups in total. The summed E-state index contributed by atoms with van der Waals surface area (Å²) in [5, 5.41) is 0. The SMILES string of the molecule is CCOCCOCCC(=O)OP(C)(C)(C)CCOC. The van der Waals surface area contributed by atoms with E-state index in [4.69, 9.17) is 18.7 Å². The van der Waals surface area contributed by atoms with Crippen molar-refractivity contribution in [1.82, 2.24) is 0 Å². The molecule has 0 radical (unpaired) electrons. The van der Waals surface area contributed by atoms with Gasteiger partial charge in [-0.1, -0.05) is 0 Å². The molecule has 0 unspecified atom stereocenters. The first-order valence-corrected chi connectivity index (χ1v) is 10.3. The van der Waals surface area contributed by atoms with Crippen LogP contribution in [0.3, 0.4) is 0 Å². The van der Waals surface area contributed by atoms with E-state index in [-0.39, 0.29) is 12.4 Å². The van der Waals surface area contributed by atoms with E-state index < -0.39 is 6.83 Å². The van der Waals surface area contributed by atoms with Gasteiger partial charge < -0.3 is 0 Å². The molecule has 0 aliphatic carbocycles. The molecule has 0 aliphatic heterocycles. The fourth-order valence-electron chi connectivity index (χ4n) is 1.39. The molecule has 0 bridgehead atoms. The number of carbonyl (C=O) groups is 1. The van der Waals surface area contributed by atoms with Gasteiger partial charge in [0.1, 0.15) is 0 Å². The van der Waals surface area contributed by atoms with E-state index in [1.54, 1.807) is 7.11 Å². The molecule has 0 rings (SSSR count). The molecule has 0 aliphatic rings. The van der Waals surface area contributed by atoms with Crippen LogP contribution < -0.4 is 0 Å². The van der Waals surface area contributed by atoms with Gasteiger partial charge in [-0.25, -0.2) is 0 Å². The third-order valence-electron chi connectivity index (χ3n) is 2.52. The summed E-state index contributed by atoms with van der Waals surface area (Å²) in [5.41, 5.74) is 0. The van der Waals surface area contributed by atoms with Crippen LogP contribution >= 0.6 is 6.83 Å². The van der Waals surface area contributed by atoms with E-state index in [9.17, 15) is 4.79 Å². The van der Waals surface area contributed by atoms with Crippen LogP contribution in [0.4, 0.5) is 0 Å². The van der Waals surface area contributed by atoms with Gasteiger partial charge in [0, 0.05) is 0 Å². The summed E-state index contributed by atoms with van der Waals surface area (Å²) < 4.78 is 21.2. The Balaban J connectivity index is 3.83. The van der Waals surface area contributed by atoms with Gasteiger partial charge >= 0.3 is 116 Å². The molecule has 0 amide bonds. The van der Waals surface area contributed by atoms with E-state index in [0.717, 1.165) is 6.16 Å². The van der Waals surface area contributed by atoms with Gasteiger partial charge in [-0.2, -0.15) is 0 Å². The van der Waals surface area contributed by atoms with Crippen LogP contribution in [0.1, 0.15) is 13.3 Å². The molecule has 0 saturated carbocycles. The standard InChI is InChI=1S/C13H29O5P/c1-6-16-9-10-17-8-7-13(14)18-19(3,4,5)12-11-15-2/h6-12H2,1-5H3. The van der Waals surface area contributed by atoms with Crippen molar-refractivity contribution in [3.63, 3.8) is 0 Å². The van der Waals surface area contributed by atoms with Crippen molar-refractivity contribution in [3.8, 4) is 0 Å². The monoisotopic (exact) mass is 296 g/mol. The van der Waals surface area contributed by atoms with Crippen molar-refractivity contribution in [2.45, 2.75) is 13.3 Å². The van der Waals surface area contributed by atoms with Crippen molar-refractivity contribution in [3.05, 3.63) is 0 Å². The average Bonchev–Trinajstić information content (AvgIpc) is 2.30. The Hall–Kier alpha value is -0.220. The summed E-state index contributed by atoms with van der Waals surface area (Å²) in [5.74, 6) is -0.197. The van der Waals surface area contributed by atoms with Crippen LogP contribution in [0.5, 0.6) is 0 Å². The molecule has 0 saturated heterocycles. The average molecular weight is 296 g/mol.